The van der Waals surface area contributed by atoms with Crippen molar-refractivity contribution in [1.82, 2.24) is 21.3 Å². The quantitative estimate of drug-likeness (QED) is 0.249. The molecule has 1 atom stereocenters. The van der Waals surface area contributed by atoms with Crippen LogP contribution in [0.1, 0.15) is 11.1 Å². The van der Waals surface area contributed by atoms with Gasteiger partial charge < -0.3 is 31.7 Å². The zero-order valence-electron chi connectivity index (χ0n) is 18.4. The van der Waals surface area contributed by atoms with Crippen molar-refractivity contribution in [2.75, 3.05) is 32.0 Å². The van der Waals surface area contributed by atoms with Gasteiger partial charge in [-0.1, -0.05) is 42.5 Å². The second-order valence-corrected chi connectivity index (χ2v) is 7.24. The van der Waals surface area contributed by atoms with Crippen molar-refractivity contribution in [2.24, 2.45) is 0 Å². The van der Waals surface area contributed by atoms with E-state index in [9.17, 15) is 19.2 Å². The van der Waals surface area contributed by atoms with E-state index in [1.807, 2.05) is 30.3 Å². The molecule has 6 N–H and O–H groups in total. The minimum atomic E-state index is -0.933. The molecule has 2 rings (SSSR count). The number of aliphatic hydroxyl groups is 1. The predicted octanol–water partition coefficient (Wildman–Crippen LogP) is -0.703. The molecule has 0 saturated heterocycles. The number of rotatable bonds is 12. The minimum absolute atomic E-state index is 0.0685. The molecule has 0 radical (unpaired) electrons. The molecule has 0 bridgehead atoms. The Bertz CT molecular complexity index is 934. The van der Waals surface area contributed by atoms with Gasteiger partial charge in [-0.05, 0) is 30.3 Å². The standard InChI is InChI=1S/C23H29N5O5/c1-24-12-20(30)25-13-22(32)28-19(11-16-5-3-2-4-6-16)23(33)26-14-21(31)27-18-9-7-17(15-29)8-10-18/h2-10,19,24,29H,11-15H2,1H3,(H,25,30)(H,26,33)(H,27,31)(H,28,32)/t19-/m0/s1. The molecule has 4 amide bonds. The van der Waals surface area contributed by atoms with E-state index < -0.39 is 23.8 Å². The number of benzene rings is 2. The van der Waals surface area contributed by atoms with Gasteiger partial charge in [-0.15, -0.1) is 0 Å². The highest BCUT2D eigenvalue weighted by Gasteiger charge is 2.22. The maximum Gasteiger partial charge on any atom is 0.243 e. The summed E-state index contributed by atoms with van der Waals surface area (Å²) in [6, 6.07) is 14.8. The van der Waals surface area contributed by atoms with Gasteiger partial charge in [-0.2, -0.15) is 0 Å². The summed E-state index contributed by atoms with van der Waals surface area (Å²) in [6.45, 7) is -0.596. The van der Waals surface area contributed by atoms with Crippen molar-refractivity contribution in [2.45, 2.75) is 19.1 Å². The first-order valence-corrected chi connectivity index (χ1v) is 10.4. The van der Waals surface area contributed by atoms with Crippen LogP contribution in [0.15, 0.2) is 54.6 Å². The van der Waals surface area contributed by atoms with Gasteiger partial charge in [0, 0.05) is 12.1 Å². The van der Waals surface area contributed by atoms with E-state index in [-0.39, 0.29) is 38.6 Å². The van der Waals surface area contributed by atoms with E-state index in [1.54, 1.807) is 31.3 Å². The predicted molar refractivity (Wildman–Crippen MR) is 123 cm³/mol. The van der Waals surface area contributed by atoms with Crippen molar-refractivity contribution in [1.29, 1.82) is 0 Å². The van der Waals surface area contributed by atoms with Gasteiger partial charge in [0.25, 0.3) is 0 Å². The van der Waals surface area contributed by atoms with Gasteiger partial charge in [-0.25, -0.2) is 0 Å². The van der Waals surface area contributed by atoms with Crippen LogP contribution in [0.2, 0.25) is 0 Å². The Morgan fingerprint density at radius 3 is 2.09 bits per heavy atom. The van der Waals surface area contributed by atoms with E-state index in [4.69, 9.17) is 5.11 Å². The lowest BCUT2D eigenvalue weighted by Gasteiger charge is -2.19. The van der Waals surface area contributed by atoms with Crippen LogP contribution < -0.4 is 26.6 Å². The average molecular weight is 456 g/mol. The van der Waals surface area contributed by atoms with Crippen LogP contribution in [0.3, 0.4) is 0 Å². The summed E-state index contributed by atoms with van der Waals surface area (Å²) < 4.78 is 0. The molecule has 0 saturated carbocycles. The SMILES string of the molecule is CNCC(=O)NCC(=O)N[C@@H](Cc1ccccc1)C(=O)NCC(=O)Nc1ccc(CO)cc1. The van der Waals surface area contributed by atoms with E-state index in [0.29, 0.717) is 11.3 Å². The number of amides is 4. The minimum Gasteiger partial charge on any atom is -0.392 e. The molecule has 33 heavy (non-hydrogen) atoms. The molecule has 0 aliphatic heterocycles. The third-order valence-electron chi connectivity index (χ3n) is 4.56. The van der Waals surface area contributed by atoms with Crippen LogP contribution in [0.4, 0.5) is 5.69 Å². The summed E-state index contributed by atoms with van der Waals surface area (Å²) >= 11 is 0. The number of hydrogen-bond donors (Lipinski definition) is 6. The van der Waals surface area contributed by atoms with E-state index >= 15 is 0 Å². The van der Waals surface area contributed by atoms with Crippen molar-refractivity contribution in [3.05, 3.63) is 65.7 Å². The summed E-state index contributed by atoms with van der Waals surface area (Å²) in [5.41, 5.74) is 2.06. The van der Waals surface area contributed by atoms with E-state index in [0.717, 1.165) is 5.56 Å². The molecule has 10 nitrogen and oxygen atoms in total. The lowest BCUT2D eigenvalue weighted by atomic mass is 10.1. The Hall–Kier alpha value is -3.76. The first-order chi connectivity index (χ1) is 15.9. The Morgan fingerprint density at radius 2 is 1.45 bits per heavy atom. The molecule has 0 unspecified atom stereocenters. The number of carbonyl (C=O) groups is 4. The fraction of sp³-hybridized carbons (Fsp3) is 0.304. The summed E-state index contributed by atoms with van der Waals surface area (Å²) in [5.74, 6) is -1.84. The highest BCUT2D eigenvalue weighted by Crippen LogP contribution is 2.09. The van der Waals surface area contributed by atoms with Crippen LogP contribution >= 0.6 is 0 Å². The van der Waals surface area contributed by atoms with Crippen LogP contribution in [0.25, 0.3) is 0 Å². The molecule has 10 heteroatoms. The molecule has 176 valence electrons. The third kappa shape index (κ3) is 9.50. The molecule has 0 heterocycles. The second-order valence-electron chi connectivity index (χ2n) is 7.24. The smallest absolute Gasteiger partial charge is 0.243 e. The molecular weight excluding hydrogens is 426 g/mol. The fourth-order valence-electron chi connectivity index (χ4n) is 2.90. The molecular formula is C23H29N5O5. The number of hydrogen-bond acceptors (Lipinski definition) is 6. The number of aliphatic hydroxyl groups excluding tert-OH is 1. The zero-order chi connectivity index (χ0) is 24.1. The van der Waals surface area contributed by atoms with Crippen molar-refractivity contribution >= 4 is 29.3 Å². The van der Waals surface area contributed by atoms with Crippen molar-refractivity contribution in [3.8, 4) is 0 Å². The molecule has 0 aromatic heterocycles. The summed E-state index contributed by atoms with van der Waals surface area (Å²) in [6.07, 6.45) is 0.215. The van der Waals surface area contributed by atoms with Gasteiger partial charge in [0.2, 0.25) is 23.6 Å². The fourth-order valence-corrected chi connectivity index (χ4v) is 2.90. The third-order valence-corrected chi connectivity index (χ3v) is 4.56. The molecule has 0 spiro atoms. The lowest BCUT2D eigenvalue weighted by molar-refractivity contribution is -0.130. The Labute approximate surface area is 192 Å². The molecule has 2 aromatic rings. The van der Waals surface area contributed by atoms with Crippen LogP contribution in [-0.4, -0.2) is 61.5 Å². The first kappa shape index (κ1) is 25.5. The van der Waals surface area contributed by atoms with Gasteiger partial charge in [0.15, 0.2) is 0 Å². The number of likely N-dealkylation sites (N-methyl/N-ethyl adjacent to an activating group) is 1. The largest absolute Gasteiger partial charge is 0.392 e. The van der Waals surface area contributed by atoms with Gasteiger partial charge in [0.05, 0.1) is 26.2 Å². The van der Waals surface area contributed by atoms with Crippen molar-refractivity contribution < 1.29 is 24.3 Å². The summed E-state index contributed by atoms with van der Waals surface area (Å²) in [5, 5.41) is 22.0. The Kier molecular flexibility index (Phi) is 10.5. The molecule has 0 fully saturated rings. The maximum atomic E-state index is 12.7. The van der Waals surface area contributed by atoms with Gasteiger partial charge >= 0.3 is 0 Å². The second kappa shape index (κ2) is 13.6. The average Bonchev–Trinajstić information content (AvgIpc) is 2.82. The summed E-state index contributed by atoms with van der Waals surface area (Å²) in [4.78, 5) is 48.7. The van der Waals surface area contributed by atoms with Gasteiger partial charge in [0.1, 0.15) is 6.04 Å². The lowest BCUT2D eigenvalue weighted by Crippen LogP contribution is -2.51. The molecule has 0 aliphatic rings. The molecule has 0 aliphatic carbocycles. The molecule has 2 aromatic carbocycles. The Morgan fingerprint density at radius 1 is 0.788 bits per heavy atom. The Balaban J connectivity index is 1.93. The number of nitrogens with one attached hydrogen (secondary N) is 5. The summed E-state index contributed by atoms with van der Waals surface area (Å²) in [7, 11) is 1.61. The van der Waals surface area contributed by atoms with Gasteiger partial charge in [-0.3, -0.25) is 19.2 Å². The monoisotopic (exact) mass is 455 g/mol. The van der Waals surface area contributed by atoms with E-state index in [2.05, 4.69) is 26.6 Å². The normalized spacial score (nSPS) is 11.2. The van der Waals surface area contributed by atoms with Crippen LogP contribution in [0, 0.1) is 0 Å². The zero-order valence-corrected chi connectivity index (χ0v) is 18.4. The number of carbonyl (C=O) groups excluding carboxylic acids is 4. The number of anilines is 1. The maximum absolute atomic E-state index is 12.7. The van der Waals surface area contributed by atoms with Crippen LogP contribution in [-0.2, 0) is 32.2 Å². The highest BCUT2D eigenvalue weighted by molar-refractivity contribution is 5.96. The van der Waals surface area contributed by atoms with E-state index in [1.165, 1.54) is 0 Å². The van der Waals surface area contributed by atoms with Crippen molar-refractivity contribution in [3.63, 3.8) is 0 Å². The topological polar surface area (TPSA) is 149 Å². The van der Waals surface area contributed by atoms with Crippen LogP contribution in [0.5, 0.6) is 0 Å². The first-order valence-electron chi connectivity index (χ1n) is 10.4. The highest BCUT2D eigenvalue weighted by atomic mass is 16.3.